The second-order valence-corrected chi connectivity index (χ2v) is 3.64. The highest BCUT2D eigenvalue weighted by Gasteiger charge is 2.02. The van der Waals surface area contributed by atoms with Crippen LogP contribution in [-0.4, -0.2) is 32.0 Å². The topological polar surface area (TPSA) is 41.1 Å². The fraction of sp³-hybridized carbons (Fsp3) is 0.900. The second kappa shape index (κ2) is 8.20. The second-order valence-electron chi connectivity index (χ2n) is 3.64. The molecule has 0 aromatic carbocycles. The predicted octanol–water partition coefficient (Wildman–Crippen LogP) is 0.942. The van der Waals surface area contributed by atoms with Gasteiger partial charge in [0.2, 0.25) is 0 Å². The van der Waals surface area contributed by atoms with E-state index in [0.29, 0.717) is 6.04 Å². The summed E-state index contributed by atoms with van der Waals surface area (Å²) in [6, 6.07) is 0.602. The lowest BCUT2D eigenvalue weighted by molar-refractivity contribution is -0.109. The lowest BCUT2D eigenvalue weighted by Gasteiger charge is -2.10. The standard InChI is InChI=1S/C10H22N2O/c1-9(2)12-7-5-4-6-10(8-13)11-3/h8-12H,4-7H2,1-3H3. The van der Waals surface area contributed by atoms with Crippen LogP contribution in [0.5, 0.6) is 0 Å². The van der Waals surface area contributed by atoms with E-state index in [4.69, 9.17) is 0 Å². The van der Waals surface area contributed by atoms with Crippen LogP contribution in [0.4, 0.5) is 0 Å². The Morgan fingerprint density at radius 2 is 2.00 bits per heavy atom. The molecule has 0 bridgehead atoms. The highest BCUT2D eigenvalue weighted by molar-refractivity contribution is 5.57. The van der Waals surface area contributed by atoms with Gasteiger partial charge < -0.3 is 15.4 Å². The smallest absolute Gasteiger partial charge is 0.136 e. The van der Waals surface area contributed by atoms with Crippen LogP contribution in [0.1, 0.15) is 33.1 Å². The average Bonchev–Trinajstić information content (AvgIpc) is 2.11. The number of carbonyl (C=O) groups excluding carboxylic acids is 1. The fourth-order valence-electron chi connectivity index (χ4n) is 1.16. The van der Waals surface area contributed by atoms with Crippen LogP contribution in [0.2, 0.25) is 0 Å². The van der Waals surface area contributed by atoms with Crippen LogP contribution in [0, 0.1) is 0 Å². The third-order valence-electron chi connectivity index (χ3n) is 2.03. The van der Waals surface area contributed by atoms with Crippen molar-refractivity contribution in [1.29, 1.82) is 0 Å². The predicted molar refractivity (Wildman–Crippen MR) is 55.9 cm³/mol. The molecule has 0 aromatic rings. The largest absolute Gasteiger partial charge is 0.315 e. The zero-order valence-corrected chi connectivity index (χ0v) is 8.97. The van der Waals surface area contributed by atoms with E-state index in [-0.39, 0.29) is 6.04 Å². The third-order valence-corrected chi connectivity index (χ3v) is 2.03. The first-order valence-electron chi connectivity index (χ1n) is 5.06. The number of aldehydes is 1. The molecule has 1 unspecified atom stereocenters. The SMILES string of the molecule is CNC(C=O)CCCCNC(C)C. The maximum absolute atomic E-state index is 10.4. The fourth-order valence-corrected chi connectivity index (χ4v) is 1.16. The van der Waals surface area contributed by atoms with Gasteiger partial charge in [-0.25, -0.2) is 0 Å². The van der Waals surface area contributed by atoms with Crippen molar-refractivity contribution in [3.05, 3.63) is 0 Å². The molecule has 3 nitrogen and oxygen atoms in total. The molecule has 13 heavy (non-hydrogen) atoms. The molecule has 0 aromatic heterocycles. The van der Waals surface area contributed by atoms with Crippen LogP contribution < -0.4 is 10.6 Å². The Morgan fingerprint density at radius 1 is 1.31 bits per heavy atom. The van der Waals surface area contributed by atoms with Crippen molar-refractivity contribution >= 4 is 6.29 Å². The van der Waals surface area contributed by atoms with Crippen molar-refractivity contribution < 1.29 is 4.79 Å². The number of likely N-dealkylation sites (N-methyl/N-ethyl adjacent to an activating group) is 1. The molecule has 0 aliphatic heterocycles. The summed E-state index contributed by atoms with van der Waals surface area (Å²) in [5, 5.41) is 6.31. The summed E-state index contributed by atoms with van der Waals surface area (Å²) in [5.41, 5.74) is 0. The minimum atomic E-state index is 0.0408. The number of hydrogen-bond acceptors (Lipinski definition) is 3. The van der Waals surface area contributed by atoms with E-state index in [9.17, 15) is 4.79 Å². The summed E-state index contributed by atoms with van der Waals surface area (Å²) in [4.78, 5) is 10.4. The van der Waals surface area contributed by atoms with Gasteiger partial charge in [0.15, 0.2) is 0 Å². The minimum Gasteiger partial charge on any atom is -0.315 e. The van der Waals surface area contributed by atoms with E-state index in [1.807, 2.05) is 7.05 Å². The highest BCUT2D eigenvalue weighted by atomic mass is 16.1. The van der Waals surface area contributed by atoms with Gasteiger partial charge >= 0.3 is 0 Å². The van der Waals surface area contributed by atoms with Crippen molar-refractivity contribution in [3.63, 3.8) is 0 Å². The van der Waals surface area contributed by atoms with E-state index in [0.717, 1.165) is 32.1 Å². The maximum atomic E-state index is 10.4. The highest BCUT2D eigenvalue weighted by Crippen LogP contribution is 1.97. The van der Waals surface area contributed by atoms with E-state index in [1.165, 1.54) is 0 Å². The van der Waals surface area contributed by atoms with Crippen LogP contribution in [0.15, 0.2) is 0 Å². The lowest BCUT2D eigenvalue weighted by atomic mass is 10.1. The van der Waals surface area contributed by atoms with Crippen LogP contribution in [0.3, 0.4) is 0 Å². The normalized spacial score (nSPS) is 13.2. The Morgan fingerprint density at radius 3 is 2.46 bits per heavy atom. The molecule has 1 atom stereocenters. The molecule has 0 radical (unpaired) electrons. The van der Waals surface area contributed by atoms with Crippen molar-refractivity contribution in [3.8, 4) is 0 Å². The van der Waals surface area contributed by atoms with E-state index in [1.54, 1.807) is 0 Å². The zero-order chi connectivity index (χ0) is 10.1. The van der Waals surface area contributed by atoms with E-state index >= 15 is 0 Å². The van der Waals surface area contributed by atoms with Gasteiger partial charge in [0.25, 0.3) is 0 Å². The zero-order valence-electron chi connectivity index (χ0n) is 8.97. The van der Waals surface area contributed by atoms with Crippen LogP contribution >= 0.6 is 0 Å². The Balaban J connectivity index is 3.19. The number of hydrogen-bond donors (Lipinski definition) is 2. The summed E-state index contributed by atoms with van der Waals surface area (Å²) in [6.07, 6.45) is 4.17. The van der Waals surface area contributed by atoms with Crippen LogP contribution in [-0.2, 0) is 4.79 Å². The monoisotopic (exact) mass is 186 g/mol. The molecule has 3 heteroatoms. The third kappa shape index (κ3) is 7.94. The molecule has 2 N–H and O–H groups in total. The minimum absolute atomic E-state index is 0.0408. The molecule has 0 spiro atoms. The molecule has 0 saturated heterocycles. The molecule has 0 aliphatic rings. The number of carbonyl (C=O) groups is 1. The van der Waals surface area contributed by atoms with E-state index in [2.05, 4.69) is 24.5 Å². The van der Waals surface area contributed by atoms with Crippen molar-refractivity contribution in [1.82, 2.24) is 10.6 Å². The molecule has 0 saturated carbocycles. The summed E-state index contributed by atoms with van der Waals surface area (Å²) in [5.74, 6) is 0. The average molecular weight is 186 g/mol. The van der Waals surface area contributed by atoms with Crippen molar-refractivity contribution in [2.45, 2.75) is 45.2 Å². The van der Waals surface area contributed by atoms with Gasteiger partial charge in [0.1, 0.15) is 6.29 Å². The van der Waals surface area contributed by atoms with Gasteiger partial charge in [-0.3, -0.25) is 0 Å². The van der Waals surface area contributed by atoms with E-state index < -0.39 is 0 Å². The first-order valence-corrected chi connectivity index (χ1v) is 5.06. The van der Waals surface area contributed by atoms with Gasteiger partial charge in [-0.15, -0.1) is 0 Å². The van der Waals surface area contributed by atoms with Gasteiger partial charge in [-0.05, 0) is 26.4 Å². The first kappa shape index (κ1) is 12.6. The van der Waals surface area contributed by atoms with Crippen molar-refractivity contribution in [2.75, 3.05) is 13.6 Å². The quantitative estimate of drug-likeness (QED) is 0.438. The van der Waals surface area contributed by atoms with Gasteiger partial charge in [0, 0.05) is 6.04 Å². The number of rotatable bonds is 8. The molecule has 78 valence electrons. The Hall–Kier alpha value is -0.410. The molecule has 0 fully saturated rings. The first-order chi connectivity index (χ1) is 6.20. The Labute approximate surface area is 81.3 Å². The molecule has 0 aliphatic carbocycles. The number of nitrogens with one attached hydrogen (secondary N) is 2. The van der Waals surface area contributed by atoms with Gasteiger partial charge in [-0.1, -0.05) is 20.3 Å². The molecular formula is C10H22N2O. The molecular weight excluding hydrogens is 164 g/mol. The van der Waals surface area contributed by atoms with Gasteiger partial charge in [-0.2, -0.15) is 0 Å². The van der Waals surface area contributed by atoms with Crippen molar-refractivity contribution in [2.24, 2.45) is 0 Å². The summed E-state index contributed by atoms with van der Waals surface area (Å²) in [7, 11) is 1.82. The molecule has 0 amide bonds. The molecule has 0 heterocycles. The van der Waals surface area contributed by atoms with Crippen LogP contribution in [0.25, 0.3) is 0 Å². The van der Waals surface area contributed by atoms with Gasteiger partial charge in [0.05, 0.1) is 6.04 Å². The summed E-state index contributed by atoms with van der Waals surface area (Å²) < 4.78 is 0. The summed E-state index contributed by atoms with van der Waals surface area (Å²) >= 11 is 0. The molecule has 0 rings (SSSR count). The Kier molecular flexibility index (Phi) is 7.94. The maximum Gasteiger partial charge on any atom is 0.136 e. The Bertz CT molecular complexity index is 126. The lowest BCUT2D eigenvalue weighted by Crippen LogP contribution is -2.27. The summed E-state index contributed by atoms with van der Waals surface area (Å²) in [6.45, 7) is 5.33. The number of unbranched alkanes of at least 4 members (excludes halogenated alkanes) is 1.